The molecule has 1 aromatic rings. The Morgan fingerprint density at radius 1 is 1.17 bits per heavy atom. The minimum absolute atomic E-state index is 0.0767. The summed E-state index contributed by atoms with van der Waals surface area (Å²) in [6.07, 6.45) is 7.01. The number of hydrogen-bond donors (Lipinski definition) is 1. The summed E-state index contributed by atoms with van der Waals surface area (Å²) in [6, 6.07) is 7.70. The molecule has 1 amide bonds. The number of rotatable bonds is 5. The minimum atomic E-state index is -0.330. The van der Waals surface area contributed by atoms with Crippen LogP contribution in [0.2, 0.25) is 0 Å². The van der Waals surface area contributed by atoms with Gasteiger partial charge in [-0.15, -0.1) is 0 Å². The van der Waals surface area contributed by atoms with Gasteiger partial charge in [-0.1, -0.05) is 31.4 Å². The van der Waals surface area contributed by atoms with Crippen LogP contribution in [-0.4, -0.2) is 42.5 Å². The van der Waals surface area contributed by atoms with Gasteiger partial charge in [-0.2, -0.15) is 0 Å². The molecular formula is C19H26N2O3. The van der Waals surface area contributed by atoms with Crippen LogP contribution in [0.25, 0.3) is 0 Å². The Morgan fingerprint density at radius 2 is 1.88 bits per heavy atom. The number of esters is 1. The van der Waals surface area contributed by atoms with Gasteiger partial charge >= 0.3 is 5.97 Å². The maximum Gasteiger partial charge on any atom is 0.337 e. The second-order valence-electron chi connectivity index (χ2n) is 6.73. The summed E-state index contributed by atoms with van der Waals surface area (Å²) in [4.78, 5) is 26.1. The lowest BCUT2D eigenvalue weighted by atomic mass is 9.94. The van der Waals surface area contributed by atoms with Crippen LogP contribution in [0.3, 0.4) is 0 Å². The van der Waals surface area contributed by atoms with E-state index in [0.717, 1.165) is 31.4 Å². The molecule has 5 heteroatoms. The van der Waals surface area contributed by atoms with Crippen molar-refractivity contribution in [2.45, 2.75) is 57.2 Å². The molecule has 1 heterocycles. The highest BCUT2D eigenvalue weighted by atomic mass is 16.5. The Labute approximate surface area is 143 Å². The van der Waals surface area contributed by atoms with Gasteiger partial charge in [-0.3, -0.25) is 4.79 Å². The van der Waals surface area contributed by atoms with Crippen LogP contribution in [0, 0.1) is 0 Å². The van der Waals surface area contributed by atoms with E-state index < -0.39 is 0 Å². The van der Waals surface area contributed by atoms with Crippen molar-refractivity contribution in [3.8, 4) is 0 Å². The molecule has 0 spiro atoms. The van der Waals surface area contributed by atoms with E-state index in [9.17, 15) is 9.59 Å². The third-order valence-electron chi connectivity index (χ3n) is 5.18. The van der Waals surface area contributed by atoms with E-state index in [-0.39, 0.29) is 17.9 Å². The molecule has 3 rings (SSSR count). The van der Waals surface area contributed by atoms with Crippen molar-refractivity contribution < 1.29 is 14.3 Å². The van der Waals surface area contributed by atoms with Crippen LogP contribution in [0.5, 0.6) is 0 Å². The summed E-state index contributed by atoms with van der Waals surface area (Å²) < 4.78 is 4.70. The second kappa shape index (κ2) is 7.79. The van der Waals surface area contributed by atoms with Gasteiger partial charge in [-0.25, -0.2) is 4.79 Å². The van der Waals surface area contributed by atoms with Crippen molar-refractivity contribution >= 4 is 11.9 Å². The molecule has 1 saturated carbocycles. The average Bonchev–Trinajstić information content (AvgIpc) is 3.01. The molecule has 5 nitrogen and oxygen atoms in total. The topological polar surface area (TPSA) is 58.6 Å². The van der Waals surface area contributed by atoms with Crippen molar-refractivity contribution in [1.29, 1.82) is 0 Å². The molecule has 1 aromatic carbocycles. The number of ether oxygens (including phenoxy) is 1. The van der Waals surface area contributed by atoms with Crippen molar-refractivity contribution in [3.63, 3.8) is 0 Å². The molecule has 2 fully saturated rings. The molecule has 0 bridgehead atoms. The van der Waals surface area contributed by atoms with Crippen molar-refractivity contribution in [3.05, 3.63) is 35.4 Å². The second-order valence-corrected chi connectivity index (χ2v) is 6.73. The number of carbonyl (C=O) groups is 2. The van der Waals surface area contributed by atoms with E-state index >= 15 is 0 Å². The Morgan fingerprint density at radius 3 is 2.54 bits per heavy atom. The molecule has 1 atom stereocenters. The third-order valence-corrected chi connectivity index (χ3v) is 5.18. The number of carbonyl (C=O) groups excluding carboxylic acids is 2. The fourth-order valence-corrected chi connectivity index (χ4v) is 3.76. The van der Waals surface area contributed by atoms with Gasteiger partial charge in [0, 0.05) is 19.1 Å². The van der Waals surface area contributed by atoms with Gasteiger partial charge in [0.1, 0.15) is 0 Å². The van der Waals surface area contributed by atoms with Gasteiger partial charge in [0.2, 0.25) is 5.91 Å². The number of methoxy groups -OCH3 is 1. The number of hydrogen-bond acceptors (Lipinski definition) is 4. The molecule has 130 valence electrons. The van der Waals surface area contributed by atoms with Crippen LogP contribution >= 0.6 is 0 Å². The number of amides is 1. The predicted octanol–water partition coefficient (Wildman–Crippen LogP) is 2.50. The largest absolute Gasteiger partial charge is 0.465 e. The van der Waals surface area contributed by atoms with E-state index in [1.54, 1.807) is 12.1 Å². The zero-order valence-electron chi connectivity index (χ0n) is 14.3. The maximum absolute atomic E-state index is 12.6. The van der Waals surface area contributed by atoms with Crippen LogP contribution in [0.1, 0.15) is 54.4 Å². The number of nitrogens with one attached hydrogen (secondary N) is 1. The smallest absolute Gasteiger partial charge is 0.337 e. The maximum atomic E-state index is 12.6. The average molecular weight is 330 g/mol. The molecule has 0 aromatic heterocycles. The first-order chi connectivity index (χ1) is 11.7. The molecule has 24 heavy (non-hydrogen) atoms. The SMILES string of the molecule is COC(=O)c1ccc(CN[C@@H]2CCN(C3CCCCC3)C2=O)cc1. The van der Waals surface area contributed by atoms with Gasteiger partial charge in [0.05, 0.1) is 18.7 Å². The third kappa shape index (κ3) is 3.78. The monoisotopic (exact) mass is 330 g/mol. The van der Waals surface area contributed by atoms with Gasteiger partial charge < -0.3 is 15.0 Å². The number of likely N-dealkylation sites (tertiary alicyclic amines) is 1. The first-order valence-electron chi connectivity index (χ1n) is 8.90. The van der Waals surface area contributed by atoms with E-state index in [2.05, 4.69) is 10.2 Å². The first-order valence-corrected chi connectivity index (χ1v) is 8.90. The summed E-state index contributed by atoms with van der Waals surface area (Å²) in [5.41, 5.74) is 1.60. The summed E-state index contributed by atoms with van der Waals surface area (Å²) in [7, 11) is 1.38. The highest BCUT2D eigenvalue weighted by Gasteiger charge is 2.35. The van der Waals surface area contributed by atoms with Crippen LogP contribution in [-0.2, 0) is 16.1 Å². The fraction of sp³-hybridized carbons (Fsp3) is 0.579. The van der Waals surface area contributed by atoms with E-state index in [4.69, 9.17) is 4.74 Å². The van der Waals surface area contributed by atoms with Crippen LogP contribution < -0.4 is 5.32 Å². The van der Waals surface area contributed by atoms with Crippen molar-refractivity contribution in [2.75, 3.05) is 13.7 Å². The highest BCUT2D eigenvalue weighted by molar-refractivity contribution is 5.89. The number of nitrogens with zero attached hydrogens (tertiary/aromatic N) is 1. The lowest BCUT2D eigenvalue weighted by Crippen LogP contribution is -2.43. The van der Waals surface area contributed by atoms with E-state index in [0.29, 0.717) is 18.2 Å². The standard InChI is InChI=1S/C19H26N2O3/c1-24-19(23)15-9-7-14(8-10-15)13-20-17-11-12-21(18(17)22)16-5-3-2-4-6-16/h7-10,16-17,20H,2-6,11-13H2,1H3/t17-/m1/s1. The fourth-order valence-electron chi connectivity index (χ4n) is 3.76. The molecule has 2 aliphatic rings. The highest BCUT2D eigenvalue weighted by Crippen LogP contribution is 2.26. The summed E-state index contributed by atoms with van der Waals surface area (Å²) >= 11 is 0. The molecule has 1 aliphatic heterocycles. The Hall–Kier alpha value is -1.88. The van der Waals surface area contributed by atoms with Crippen LogP contribution in [0.15, 0.2) is 24.3 Å². The lowest BCUT2D eigenvalue weighted by Gasteiger charge is -2.31. The zero-order valence-corrected chi connectivity index (χ0v) is 14.3. The molecule has 1 aliphatic carbocycles. The van der Waals surface area contributed by atoms with Crippen LogP contribution in [0.4, 0.5) is 0 Å². The Balaban J connectivity index is 1.51. The van der Waals surface area contributed by atoms with E-state index in [1.807, 2.05) is 12.1 Å². The van der Waals surface area contributed by atoms with Gasteiger partial charge in [-0.05, 0) is 37.0 Å². The van der Waals surface area contributed by atoms with Gasteiger partial charge in [0.15, 0.2) is 0 Å². The summed E-state index contributed by atoms with van der Waals surface area (Å²) in [6.45, 7) is 1.51. The predicted molar refractivity (Wildman–Crippen MR) is 91.6 cm³/mol. The van der Waals surface area contributed by atoms with Crippen molar-refractivity contribution in [1.82, 2.24) is 10.2 Å². The first kappa shape index (κ1) is 17.0. The normalized spacial score (nSPS) is 22.0. The zero-order chi connectivity index (χ0) is 16.9. The molecule has 0 radical (unpaired) electrons. The Bertz CT molecular complexity index is 579. The summed E-state index contributed by atoms with van der Waals surface area (Å²) in [5.74, 6) is -0.0725. The van der Waals surface area contributed by atoms with E-state index in [1.165, 1.54) is 26.4 Å². The Kier molecular flexibility index (Phi) is 5.51. The molecule has 1 N–H and O–H groups in total. The summed E-state index contributed by atoms with van der Waals surface area (Å²) in [5, 5.41) is 3.37. The van der Waals surface area contributed by atoms with Gasteiger partial charge in [0.25, 0.3) is 0 Å². The lowest BCUT2D eigenvalue weighted by molar-refractivity contribution is -0.132. The quantitative estimate of drug-likeness (QED) is 0.843. The number of benzene rings is 1. The molecular weight excluding hydrogens is 304 g/mol. The minimum Gasteiger partial charge on any atom is -0.465 e. The molecule has 0 unspecified atom stereocenters. The van der Waals surface area contributed by atoms with Crippen molar-refractivity contribution in [2.24, 2.45) is 0 Å². The molecule has 1 saturated heterocycles.